The number of benzene rings is 1. The average molecular weight is 609 g/mol. The highest BCUT2D eigenvalue weighted by molar-refractivity contribution is 7.55. The van der Waals surface area contributed by atoms with Crippen molar-refractivity contribution in [3.8, 4) is 0 Å². The minimum atomic E-state index is -3.78. The van der Waals surface area contributed by atoms with Gasteiger partial charge >= 0.3 is 13.6 Å². The lowest BCUT2D eigenvalue weighted by Gasteiger charge is -2.44. The first kappa shape index (κ1) is 32.1. The number of carbonyl (C=O) groups excluding carboxylic acids is 1. The summed E-state index contributed by atoms with van der Waals surface area (Å²) >= 11 is 0. The molecule has 0 bridgehead atoms. The third kappa shape index (κ3) is 6.13. The third-order valence-electron chi connectivity index (χ3n) is 10.3. The normalized spacial score (nSPS) is 28.5. The first-order valence-corrected chi connectivity index (χ1v) is 17.2. The Labute approximate surface area is 250 Å². The second kappa shape index (κ2) is 13.0. The lowest BCUT2D eigenvalue weighted by molar-refractivity contribution is -0.253. The molecule has 10 heteroatoms. The molecule has 4 atom stereocenters. The van der Waals surface area contributed by atoms with Crippen LogP contribution in [0.15, 0.2) is 30.3 Å². The number of esters is 1. The highest BCUT2D eigenvalue weighted by atomic mass is 31.2. The molecule has 1 aromatic carbocycles. The van der Waals surface area contributed by atoms with E-state index >= 15 is 0 Å². The molecule has 236 valence electrons. The smallest absolute Gasteiger partial charge is 0.344 e. The van der Waals surface area contributed by atoms with Crippen LogP contribution in [-0.4, -0.2) is 70.0 Å². The van der Waals surface area contributed by atoms with Crippen molar-refractivity contribution in [3.63, 3.8) is 0 Å². The van der Waals surface area contributed by atoms with Gasteiger partial charge in [0, 0.05) is 33.0 Å². The molecule has 4 aliphatic rings. The minimum Gasteiger partial charge on any atom is -0.461 e. The lowest BCUT2D eigenvalue weighted by Crippen LogP contribution is -2.46. The van der Waals surface area contributed by atoms with E-state index in [-0.39, 0.29) is 29.8 Å². The van der Waals surface area contributed by atoms with Crippen LogP contribution in [0.1, 0.15) is 77.7 Å². The molecule has 2 aliphatic carbocycles. The Kier molecular flexibility index (Phi) is 9.90. The molecule has 5 rings (SSSR count). The molecule has 4 fully saturated rings. The Morgan fingerprint density at radius 1 is 0.976 bits per heavy atom. The maximum atomic E-state index is 14.0. The summed E-state index contributed by atoms with van der Waals surface area (Å²) in [6.45, 7) is 8.78. The van der Waals surface area contributed by atoms with Gasteiger partial charge in [0.2, 0.25) is 0 Å². The van der Waals surface area contributed by atoms with Crippen LogP contribution in [0.25, 0.3) is 0 Å². The maximum absolute atomic E-state index is 14.0. The molecule has 0 N–H and O–H groups in total. The van der Waals surface area contributed by atoms with Crippen molar-refractivity contribution in [2.24, 2.45) is 17.8 Å². The van der Waals surface area contributed by atoms with E-state index in [1.807, 2.05) is 6.07 Å². The quantitative estimate of drug-likeness (QED) is 0.214. The Bertz CT molecular complexity index is 1060. The van der Waals surface area contributed by atoms with Crippen LogP contribution >= 0.6 is 7.60 Å². The predicted octanol–water partition coefficient (Wildman–Crippen LogP) is 6.23. The zero-order chi connectivity index (χ0) is 30.0. The zero-order valence-corrected chi connectivity index (χ0v) is 26.8. The largest absolute Gasteiger partial charge is 0.461 e. The van der Waals surface area contributed by atoms with Gasteiger partial charge in [0.05, 0.1) is 32.3 Å². The van der Waals surface area contributed by atoms with E-state index in [1.165, 1.54) is 19.8 Å². The molecule has 2 heterocycles. The standard InChI is InChI=1S/C32H49O9P/c1-23-14-15-25(30(2,3)24-10-7-6-8-11-24)26(22-23)41-29(33)27(42(34,35-4)36-5)12-9-13-28-31(37-18-19-38-31)16-17-32(28)39-20-21-40-32/h6-8,10-11,23,25-28H,9,12-22H2,1-5H3/t23-,25-,26-,27?/m1/s1. The number of hydrogen-bond donors (Lipinski definition) is 0. The SMILES string of the molecule is COP(=O)(OC)C(CCCC1C2(CCC13OCCO3)OCCO2)C(=O)O[C@@H]1C[C@H](C)CC[C@H]1C(C)(C)c1ccccc1. The molecule has 1 aromatic rings. The molecular formula is C32H49O9P. The topological polar surface area (TPSA) is 98.8 Å². The number of rotatable bonds is 11. The van der Waals surface area contributed by atoms with Gasteiger partial charge in [0.15, 0.2) is 17.2 Å². The van der Waals surface area contributed by atoms with Crippen LogP contribution < -0.4 is 0 Å². The highest BCUT2D eigenvalue weighted by Crippen LogP contribution is 2.57. The Balaban J connectivity index is 1.32. The first-order valence-electron chi connectivity index (χ1n) is 15.6. The van der Waals surface area contributed by atoms with Crippen LogP contribution in [0.3, 0.4) is 0 Å². The third-order valence-corrected chi connectivity index (χ3v) is 12.6. The summed E-state index contributed by atoms with van der Waals surface area (Å²) in [5.74, 6) is -1.63. The molecule has 1 unspecified atom stereocenters. The molecule has 0 aromatic heterocycles. The second-order valence-corrected chi connectivity index (χ2v) is 15.4. The fourth-order valence-electron chi connectivity index (χ4n) is 7.95. The lowest BCUT2D eigenvalue weighted by atomic mass is 9.64. The van der Waals surface area contributed by atoms with Crippen molar-refractivity contribution in [3.05, 3.63) is 35.9 Å². The van der Waals surface area contributed by atoms with Gasteiger partial charge in [0.25, 0.3) is 0 Å². The Hall–Kier alpha value is -1.32. The monoisotopic (exact) mass is 608 g/mol. The fraction of sp³-hybridized carbons (Fsp3) is 0.781. The van der Waals surface area contributed by atoms with Gasteiger partial charge < -0.3 is 32.7 Å². The minimum absolute atomic E-state index is 0.122. The van der Waals surface area contributed by atoms with Gasteiger partial charge in [-0.1, -0.05) is 63.9 Å². The molecule has 2 aliphatic heterocycles. The molecule has 2 spiro atoms. The van der Waals surface area contributed by atoms with E-state index in [0.717, 1.165) is 19.3 Å². The van der Waals surface area contributed by atoms with Crippen LogP contribution in [0.5, 0.6) is 0 Å². The number of ether oxygens (including phenoxy) is 5. The van der Waals surface area contributed by atoms with Crippen molar-refractivity contribution in [1.29, 1.82) is 0 Å². The summed E-state index contributed by atoms with van der Waals surface area (Å²) in [5, 5.41) is 0. The van der Waals surface area contributed by atoms with Crippen LogP contribution in [0.4, 0.5) is 0 Å². The van der Waals surface area contributed by atoms with E-state index in [2.05, 4.69) is 45.0 Å². The second-order valence-electron chi connectivity index (χ2n) is 13.0. The summed E-state index contributed by atoms with van der Waals surface area (Å²) in [7, 11) is -1.12. The molecule has 2 saturated carbocycles. The van der Waals surface area contributed by atoms with Crippen molar-refractivity contribution in [2.45, 2.75) is 101 Å². The summed E-state index contributed by atoms with van der Waals surface area (Å²) in [6, 6.07) is 10.4. The fourth-order valence-corrected chi connectivity index (χ4v) is 9.42. The van der Waals surface area contributed by atoms with Crippen molar-refractivity contribution in [2.75, 3.05) is 40.6 Å². The Morgan fingerprint density at radius 2 is 1.55 bits per heavy atom. The molecule has 0 amide bonds. The summed E-state index contributed by atoms with van der Waals surface area (Å²) in [4.78, 5) is 14.0. The highest BCUT2D eigenvalue weighted by Gasteiger charge is 2.63. The van der Waals surface area contributed by atoms with E-state index in [9.17, 15) is 9.36 Å². The predicted molar refractivity (Wildman–Crippen MR) is 157 cm³/mol. The van der Waals surface area contributed by atoms with Gasteiger partial charge in [-0.05, 0) is 42.6 Å². The zero-order valence-electron chi connectivity index (χ0n) is 25.9. The molecule has 2 saturated heterocycles. The first-order chi connectivity index (χ1) is 20.1. The van der Waals surface area contributed by atoms with E-state index in [1.54, 1.807) is 0 Å². The van der Waals surface area contributed by atoms with E-state index in [4.69, 9.17) is 32.7 Å². The van der Waals surface area contributed by atoms with E-state index in [0.29, 0.717) is 58.0 Å². The molecule has 9 nitrogen and oxygen atoms in total. The molecule has 42 heavy (non-hydrogen) atoms. The number of carbonyl (C=O) groups is 1. The van der Waals surface area contributed by atoms with E-state index < -0.39 is 30.8 Å². The maximum Gasteiger partial charge on any atom is 0.344 e. The molecular weight excluding hydrogens is 559 g/mol. The van der Waals surface area contributed by atoms with Crippen molar-refractivity contribution in [1.82, 2.24) is 0 Å². The van der Waals surface area contributed by atoms with Gasteiger partial charge in [-0.15, -0.1) is 0 Å². The summed E-state index contributed by atoms with van der Waals surface area (Å²) < 4.78 is 55.4. The molecule has 0 radical (unpaired) electrons. The van der Waals surface area contributed by atoms with Crippen molar-refractivity contribution < 1.29 is 42.1 Å². The van der Waals surface area contributed by atoms with Crippen LogP contribution in [0, 0.1) is 17.8 Å². The average Bonchev–Trinajstić information content (AvgIpc) is 3.73. The van der Waals surface area contributed by atoms with Crippen LogP contribution in [-0.2, 0) is 47.5 Å². The summed E-state index contributed by atoms with van der Waals surface area (Å²) in [6.07, 6.45) is 5.30. The van der Waals surface area contributed by atoms with Gasteiger partial charge in [-0.2, -0.15) is 0 Å². The van der Waals surface area contributed by atoms with Gasteiger partial charge in [-0.25, -0.2) is 0 Å². The van der Waals surface area contributed by atoms with Crippen LogP contribution in [0.2, 0.25) is 0 Å². The van der Waals surface area contributed by atoms with Gasteiger partial charge in [-0.3, -0.25) is 9.36 Å². The van der Waals surface area contributed by atoms with Gasteiger partial charge in [0.1, 0.15) is 6.10 Å². The van der Waals surface area contributed by atoms with Crippen molar-refractivity contribution >= 4 is 13.6 Å². The Morgan fingerprint density at radius 3 is 2.10 bits per heavy atom. The number of hydrogen-bond acceptors (Lipinski definition) is 9. The summed E-state index contributed by atoms with van der Waals surface area (Å²) in [5.41, 5.74) is -0.0371.